The van der Waals surface area contributed by atoms with Crippen molar-refractivity contribution in [3.63, 3.8) is 0 Å². The molecule has 0 radical (unpaired) electrons. The average Bonchev–Trinajstić information content (AvgIpc) is 2.25. The molecule has 2 aromatic rings. The molecule has 1 aromatic heterocycles. The Morgan fingerprint density at radius 3 is 2.60 bits per heavy atom. The van der Waals surface area contributed by atoms with Gasteiger partial charge >= 0.3 is 0 Å². The van der Waals surface area contributed by atoms with Crippen LogP contribution in [0.15, 0.2) is 52.4 Å². The Labute approximate surface area is 93.5 Å². The summed E-state index contributed by atoms with van der Waals surface area (Å²) in [6.07, 6.45) is 1.80. The molecule has 15 heavy (non-hydrogen) atoms. The number of anilines is 1. The molecule has 0 saturated heterocycles. The Morgan fingerprint density at radius 2 is 1.93 bits per heavy atom. The maximum atomic E-state index is 5.53. The van der Waals surface area contributed by atoms with E-state index in [9.17, 15) is 0 Å². The van der Waals surface area contributed by atoms with Crippen molar-refractivity contribution in [2.75, 3.05) is 5.73 Å². The summed E-state index contributed by atoms with van der Waals surface area (Å²) in [5.74, 6) is 0.559. The topological polar surface area (TPSA) is 38.9 Å². The number of nitrogens with zero attached hydrogens (tertiary/aromatic N) is 1. The molecule has 2 rings (SSSR count). The number of benzene rings is 1. The van der Waals surface area contributed by atoms with Gasteiger partial charge in [-0.25, -0.2) is 4.98 Å². The van der Waals surface area contributed by atoms with Gasteiger partial charge in [0.1, 0.15) is 5.82 Å². The van der Waals surface area contributed by atoms with E-state index in [-0.39, 0.29) is 0 Å². The molecule has 76 valence electrons. The zero-order valence-corrected chi connectivity index (χ0v) is 9.29. The number of aromatic nitrogens is 1. The summed E-state index contributed by atoms with van der Waals surface area (Å²) in [6, 6.07) is 12.1. The minimum atomic E-state index is 0.559. The third kappa shape index (κ3) is 2.50. The first-order valence-corrected chi connectivity index (χ1v) is 5.52. The van der Waals surface area contributed by atoms with Crippen molar-refractivity contribution in [2.45, 2.75) is 16.7 Å². The lowest BCUT2D eigenvalue weighted by Crippen LogP contribution is -1.88. The molecule has 3 heteroatoms. The van der Waals surface area contributed by atoms with E-state index in [1.807, 2.05) is 24.3 Å². The first-order valence-electron chi connectivity index (χ1n) is 4.71. The molecule has 2 N–H and O–H groups in total. The minimum Gasteiger partial charge on any atom is -0.384 e. The van der Waals surface area contributed by atoms with Crippen molar-refractivity contribution in [1.82, 2.24) is 4.98 Å². The number of hydrogen-bond donors (Lipinski definition) is 1. The highest BCUT2D eigenvalue weighted by Gasteiger charge is 2.00. The predicted octanol–water partition coefficient (Wildman–Crippen LogP) is 3.12. The van der Waals surface area contributed by atoms with Crippen LogP contribution in [-0.2, 0) is 0 Å². The van der Waals surface area contributed by atoms with Crippen LogP contribution in [0.3, 0.4) is 0 Å². The van der Waals surface area contributed by atoms with Gasteiger partial charge in [-0.15, -0.1) is 0 Å². The number of rotatable bonds is 2. The zero-order valence-electron chi connectivity index (χ0n) is 8.47. The molecule has 0 fully saturated rings. The maximum absolute atomic E-state index is 5.53. The summed E-state index contributed by atoms with van der Waals surface area (Å²) in [5.41, 5.74) is 6.81. The molecule has 1 heterocycles. The summed E-state index contributed by atoms with van der Waals surface area (Å²) in [6.45, 7) is 2.10. The highest BCUT2D eigenvalue weighted by molar-refractivity contribution is 7.99. The minimum absolute atomic E-state index is 0.559. The lowest BCUT2D eigenvalue weighted by Gasteiger charge is -2.04. The quantitative estimate of drug-likeness (QED) is 0.838. The second-order valence-corrected chi connectivity index (χ2v) is 4.40. The molecule has 0 atom stereocenters. The van der Waals surface area contributed by atoms with Crippen molar-refractivity contribution >= 4 is 17.6 Å². The molecule has 2 nitrogen and oxygen atoms in total. The van der Waals surface area contributed by atoms with Gasteiger partial charge in [-0.3, -0.25) is 0 Å². The highest BCUT2D eigenvalue weighted by Crippen LogP contribution is 2.29. The van der Waals surface area contributed by atoms with Crippen LogP contribution in [-0.4, -0.2) is 4.98 Å². The van der Waals surface area contributed by atoms with Crippen LogP contribution in [0.25, 0.3) is 0 Å². The number of nitrogens with two attached hydrogens (primary N) is 1. The van der Waals surface area contributed by atoms with Gasteiger partial charge in [0.05, 0.1) is 0 Å². The van der Waals surface area contributed by atoms with E-state index < -0.39 is 0 Å². The van der Waals surface area contributed by atoms with E-state index in [0.29, 0.717) is 5.82 Å². The fraction of sp³-hybridized carbons (Fsp3) is 0.0833. The monoisotopic (exact) mass is 216 g/mol. The lowest BCUT2D eigenvalue weighted by molar-refractivity contribution is 1.23. The van der Waals surface area contributed by atoms with Gasteiger partial charge in [-0.05, 0) is 30.7 Å². The van der Waals surface area contributed by atoms with E-state index in [0.717, 1.165) is 4.90 Å². The summed E-state index contributed by atoms with van der Waals surface area (Å²) in [5, 5.41) is 0. The van der Waals surface area contributed by atoms with Gasteiger partial charge in [0.2, 0.25) is 0 Å². The molecular formula is C12H12N2S. The first kappa shape index (κ1) is 10.1. The largest absolute Gasteiger partial charge is 0.384 e. The van der Waals surface area contributed by atoms with Crippen LogP contribution in [0, 0.1) is 6.92 Å². The smallest absolute Gasteiger partial charge is 0.123 e. The molecule has 0 aliphatic heterocycles. The lowest BCUT2D eigenvalue weighted by atomic mass is 10.2. The van der Waals surface area contributed by atoms with E-state index >= 15 is 0 Å². The Kier molecular flexibility index (Phi) is 2.92. The van der Waals surface area contributed by atoms with E-state index in [1.54, 1.807) is 18.0 Å². The number of nitrogen functional groups attached to an aromatic ring is 1. The molecule has 0 aliphatic carbocycles. The Bertz CT molecular complexity index is 451. The molecule has 0 bridgehead atoms. The van der Waals surface area contributed by atoms with Crippen molar-refractivity contribution < 1.29 is 0 Å². The fourth-order valence-electron chi connectivity index (χ4n) is 1.25. The number of pyridine rings is 1. The first-order chi connectivity index (χ1) is 7.25. The second-order valence-electron chi connectivity index (χ2n) is 3.29. The SMILES string of the molecule is Cc1ccccc1Sc1ccc(N)nc1. The summed E-state index contributed by atoms with van der Waals surface area (Å²) < 4.78 is 0. The van der Waals surface area contributed by atoms with Gasteiger partial charge < -0.3 is 5.73 Å². The van der Waals surface area contributed by atoms with Crippen molar-refractivity contribution in [3.8, 4) is 0 Å². The third-order valence-electron chi connectivity index (χ3n) is 2.08. The molecule has 1 aromatic carbocycles. The summed E-state index contributed by atoms with van der Waals surface area (Å²) in [7, 11) is 0. The molecule has 0 aliphatic rings. The molecular weight excluding hydrogens is 204 g/mol. The number of hydrogen-bond acceptors (Lipinski definition) is 3. The van der Waals surface area contributed by atoms with Crippen LogP contribution in [0.2, 0.25) is 0 Å². The van der Waals surface area contributed by atoms with E-state index in [2.05, 4.69) is 24.0 Å². The Balaban J connectivity index is 2.22. The van der Waals surface area contributed by atoms with E-state index in [4.69, 9.17) is 5.73 Å². The third-order valence-corrected chi connectivity index (χ3v) is 3.24. The van der Waals surface area contributed by atoms with Gasteiger partial charge in [-0.1, -0.05) is 30.0 Å². The molecule has 0 unspecified atom stereocenters. The van der Waals surface area contributed by atoms with E-state index in [1.165, 1.54) is 10.5 Å². The molecule has 0 saturated carbocycles. The van der Waals surface area contributed by atoms with Crippen LogP contribution in [0.5, 0.6) is 0 Å². The van der Waals surface area contributed by atoms with Crippen LogP contribution in [0.4, 0.5) is 5.82 Å². The Morgan fingerprint density at radius 1 is 1.13 bits per heavy atom. The van der Waals surface area contributed by atoms with Gasteiger partial charge in [-0.2, -0.15) is 0 Å². The normalized spacial score (nSPS) is 10.2. The van der Waals surface area contributed by atoms with Gasteiger partial charge in [0.25, 0.3) is 0 Å². The molecule has 0 amide bonds. The second kappa shape index (κ2) is 4.36. The van der Waals surface area contributed by atoms with Crippen molar-refractivity contribution in [3.05, 3.63) is 48.2 Å². The van der Waals surface area contributed by atoms with Crippen molar-refractivity contribution in [2.24, 2.45) is 0 Å². The molecule has 0 spiro atoms. The zero-order chi connectivity index (χ0) is 10.7. The fourth-order valence-corrected chi connectivity index (χ4v) is 2.12. The van der Waals surface area contributed by atoms with Gasteiger partial charge in [0.15, 0.2) is 0 Å². The summed E-state index contributed by atoms with van der Waals surface area (Å²) in [4.78, 5) is 6.43. The predicted molar refractivity (Wildman–Crippen MR) is 64.0 cm³/mol. The van der Waals surface area contributed by atoms with Crippen LogP contribution < -0.4 is 5.73 Å². The standard InChI is InChI=1S/C12H12N2S/c1-9-4-2-3-5-11(9)15-10-6-7-12(13)14-8-10/h2-8H,1H3,(H2,13,14). The van der Waals surface area contributed by atoms with Crippen LogP contribution in [0.1, 0.15) is 5.56 Å². The Hall–Kier alpha value is -1.48. The average molecular weight is 216 g/mol. The maximum Gasteiger partial charge on any atom is 0.123 e. The number of aryl methyl sites for hydroxylation is 1. The highest BCUT2D eigenvalue weighted by atomic mass is 32.2. The van der Waals surface area contributed by atoms with Gasteiger partial charge in [0, 0.05) is 16.0 Å². The summed E-state index contributed by atoms with van der Waals surface area (Å²) >= 11 is 1.70. The van der Waals surface area contributed by atoms with Crippen molar-refractivity contribution in [1.29, 1.82) is 0 Å². The van der Waals surface area contributed by atoms with Crippen LogP contribution >= 0.6 is 11.8 Å².